The van der Waals surface area contributed by atoms with E-state index in [2.05, 4.69) is 0 Å². The quantitative estimate of drug-likeness (QED) is 0.722. The topological polar surface area (TPSA) is 37.3 Å². The van der Waals surface area contributed by atoms with Crippen LogP contribution in [-0.4, -0.2) is 16.6 Å². The monoisotopic (exact) mass is 214 g/mol. The number of thioether (sulfide) groups is 1. The third-order valence-corrected chi connectivity index (χ3v) is 3.37. The van der Waals surface area contributed by atoms with Crippen molar-refractivity contribution in [3.05, 3.63) is 22.7 Å². The Bertz CT molecular complexity index is 376. The fourth-order valence-corrected chi connectivity index (χ4v) is 2.72. The molecule has 0 atom stereocenters. The molecular weight excluding hydrogens is 208 g/mol. The van der Waals surface area contributed by atoms with E-state index in [-0.39, 0.29) is 11.5 Å². The van der Waals surface area contributed by atoms with E-state index in [9.17, 15) is 9.90 Å². The Hall–Kier alpha value is -0.670. The highest BCUT2D eigenvalue weighted by atomic mass is 35.5. The van der Waals surface area contributed by atoms with Crippen LogP contribution in [-0.2, 0) is 0 Å². The van der Waals surface area contributed by atoms with E-state index in [1.54, 1.807) is 6.07 Å². The average molecular weight is 215 g/mol. The molecule has 1 N–H and O–H groups in total. The lowest BCUT2D eigenvalue weighted by molar-refractivity contribution is 0.0984. The molecule has 4 heteroatoms. The number of Topliss-reactive ketones (excluding diaryl/α,β-unsaturated/α-hetero) is 1. The van der Waals surface area contributed by atoms with Crippen LogP contribution in [0, 0.1) is 0 Å². The van der Waals surface area contributed by atoms with E-state index in [0.29, 0.717) is 21.9 Å². The third-order valence-electron chi connectivity index (χ3n) is 1.94. The summed E-state index contributed by atoms with van der Waals surface area (Å²) in [6, 6.07) is 3.08. The third kappa shape index (κ3) is 1.42. The van der Waals surface area contributed by atoms with Gasteiger partial charge >= 0.3 is 0 Å². The summed E-state index contributed by atoms with van der Waals surface area (Å²) in [4.78, 5) is 12.1. The zero-order valence-electron chi connectivity index (χ0n) is 6.71. The number of phenols is 1. The molecule has 2 nitrogen and oxygen atoms in total. The summed E-state index contributed by atoms with van der Waals surface area (Å²) in [6.07, 6.45) is 0.501. The Balaban J connectivity index is 2.67. The fraction of sp³-hybridized carbons (Fsp3) is 0.222. The number of halogens is 1. The second kappa shape index (κ2) is 3.24. The molecule has 0 bridgehead atoms. The van der Waals surface area contributed by atoms with E-state index in [4.69, 9.17) is 11.6 Å². The van der Waals surface area contributed by atoms with Gasteiger partial charge in [0.2, 0.25) is 0 Å². The lowest BCUT2D eigenvalue weighted by Gasteiger charge is -2.16. The molecule has 2 rings (SSSR count). The molecule has 1 aliphatic heterocycles. The summed E-state index contributed by atoms with van der Waals surface area (Å²) in [5, 5.41) is 9.90. The Morgan fingerprint density at radius 2 is 2.23 bits per heavy atom. The van der Waals surface area contributed by atoms with Crippen molar-refractivity contribution in [1.29, 1.82) is 0 Å². The van der Waals surface area contributed by atoms with E-state index in [1.807, 2.05) is 0 Å². The minimum atomic E-state index is 0.0228. The number of rotatable bonds is 0. The van der Waals surface area contributed by atoms with E-state index >= 15 is 0 Å². The smallest absolute Gasteiger partial charge is 0.166 e. The maximum atomic E-state index is 11.4. The number of hydrogen-bond donors (Lipinski definition) is 1. The molecule has 0 aliphatic carbocycles. The van der Waals surface area contributed by atoms with Gasteiger partial charge in [-0.1, -0.05) is 11.6 Å². The SMILES string of the molecule is O=C1CCSc2c(O)ccc(Cl)c21. The van der Waals surface area contributed by atoms with Crippen LogP contribution < -0.4 is 0 Å². The highest BCUT2D eigenvalue weighted by Gasteiger charge is 2.23. The maximum Gasteiger partial charge on any atom is 0.166 e. The van der Waals surface area contributed by atoms with Crippen molar-refractivity contribution < 1.29 is 9.90 Å². The van der Waals surface area contributed by atoms with Crippen LogP contribution in [0.1, 0.15) is 16.8 Å². The van der Waals surface area contributed by atoms with Gasteiger partial charge in [-0.05, 0) is 12.1 Å². The zero-order chi connectivity index (χ0) is 9.42. The predicted octanol–water partition coefficient (Wildman–Crippen LogP) is 2.72. The number of carbonyl (C=O) groups is 1. The molecule has 13 heavy (non-hydrogen) atoms. The van der Waals surface area contributed by atoms with Gasteiger partial charge in [0.05, 0.1) is 15.5 Å². The van der Waals surface area contributed by atoms with Gasteiger partial charge in [0.15, 0.2) is 5.78 Å². The molecule has 68 valence electrons. The number of hydrogen-bond acceptors (Lipinski definition) is 3. The van der Waals surface area contributed by atoms with Crippen molar-refractivity contribution in [2.24, 2.45) is 0 Å². The molecule has 0 unspecified atom stereocenters. The standard InChI is InChI=1S/C9H7ClO2S/c10-5-1-2-7(12)9-8(5)6(11)3-4-13-9/h1-2,12H,3-4H2. The Morgan fingerprint density at radius 3 is 2.92 bits per heavy atom. The maximum absolute atomic E-state index is 11.4. The number of benzene rings is 1. The van der Waals surface area contributed by atoms with Crippen molar-refractivity contribution in [2.45, 2.75) is 11.3 Å². The van der Waals surface area contributed by atoms with Crippen LogP contribution in [0.3, 0.4) is 0 Å². The molecule has 0 amide bonds. The molecule has 1 aliphatic rings. The summed E-state index contributed by atoms with van der Waals surface area (Å²) in [5.74, 6) is 0.895. The van der Waals surface area contributed by atoms with Crippen molar-refractivity contribution in [3.8, 4) is 5.75 Å². The lowest BCUT2D eigenvalue weighted by Crippen LogP contribution is -2.08. The number of phenolic OH excluding ortho intramolecular Hbond substituents is 1. The van der Waals surface area contributed by atoms with Gasteiger partial charge in [0.25, 0.3) is 0 Å². The molecule has 0 saturated heterocycles. The summed E-state index contributed by atoms with van der Waals surface area (Å²) in [5.41, 5.74) is 0.484. The van der Waals surface area contributed by atoms with Gasteiger partial charge < -0.3 is 5.11 Å². The van der Waals surface area contributed by atoms with Crippen molar-refractivity contribution >= 4 is 29.1 Å². The molecule has 1 aromatic carbocycles. The first-order valence-electron chi connectivity index (χ1n) is 3.87. The number of carbonyl (C=O) groups excluding carboxylic acids is 1. The molecule has 0 radical (unpaired) electrons. The number of aromatic hydroxyl groups is 1. The first-order valence-corrected chi connectivity index (χ1v) is 5.24. The normalized spacial score (nSPS) is 15.6. The highest BCUT2D eigenvalue weighted by molar-refractivity contribution is 7.99. The Labute approximate surface area is 84.9 Å². The Kier molecular flexibility index (Phi) is 2.22. The highest BCUT2D eigenvalue weighted by Crippen LogP contribution is 2.40. The minimum Gasteiger partial charge on any atom is -0.507 e. The molecule has 0 saturated carbocycles. The van der Waals surface area contributed by atoms with Crippen LogP contribution in [0.25, 0.3) is 0 Å². The predicted molar refractivity (Wildman–Crippen MR) is 52.8 cm³/mol. The Morgan fingerprint density at radius 1 is 1.46 bits per heavy atom. The van der Waals surface area contributed by atoms with Crippen LogP contribution in [0.5, 0.6) is 5.75 Å². The number of fused-ring (bicyclic) bond motifs is 1. The summed E-state index contributed by atoms with van der Waals surface area (Å²) in [7, 11) is 0. The zero-order valence-corrected chi connectivity index (χ0v) is 8.28. The van der Waals surface area contributed by atoms with Gasteiger partial charge in [-0.2, -0.15) is 0 Å². The first kappa shape index (κ1) is 8.91. The summed E-state index contributed by atoms with van der Waals surface area (Å²) >= 11 is 7.34. The summed E-state index contributed by atoms with van der Waals surface area (Å²) in [6.45, 7) is 0. The number of ketones is 1. The lowest BCUT2D eigenvalue weighted by atomic mass is 10.1. The molecule has 0 fully saturated rings. The van der Waals surface area contributed by atoms with Gasteiger partial charge in [-0.25, -0.2) is 0 Å². The van der Waals surface area contributed by atoms with Gasteiger partial charge in [0.1, 0.15) is 5.75 Å². The van der Waals surface area contributed by atoms with Crippen LogP contribution in [0.2, 0.25) is 5.02 Å². The van der Waals surface area contributed by atoms with E-state index in [1.165, 1.54) is 17.8 Å². The molecule has 1 aromatic rings. The van der Waals surface area contributed by atoms with Crippen molar-refractivity contribution in [3.63, 3.8) is 0 Å². The van der Waals surface area contributed by atoms with E-state index < -0.39 is 0 Å². The van der Waals surface area contributed by atoms with E-state index in [0.717, 1.165) is 5.75 Å². The molecule has 0 aromatic heterocycles. The van der Waals surface area contributed by atoms with Gasteiger partial charge in [-0.15, -0.1) is 11.8 Å². The first-order chi connectivity index (χ1) is 6.20. The van der Waals surface area contributed by atoms with Gasteiger partial charge in [0, 0.05) is 12.2 Å². The molecular formula is C9H7ClO2S. The van der Waals surface area contributed by atoms with Crippen molar-refractivity contribution in [1.82, 2.24) is 0 Å². The minimum absolute atomic E-state index is 0.0228. The van der Waals surface area contributed by atoms with Crippen LogP contribution >= 0.6 is 23.4 Å². The second-order valence-electron chi connectivity index (χ2n) is 2.79. The molecule has 0 spiro atoms. The van der Waals surface area contributed by atoms with Crippen LogP contribution in [0.4, 0.5) is 0 Å². The molecule has 1 heterocycles. The van der Waals surface area contributed by atoms with Crippen LogP contribution in [0.15, 0.2) is 17.0 Å². The van der Waals surface area contributed by atoms with Crippen molar-refractivity contribution in [2.75, 3.05) is 5.75 Å². The second-order valence-corrected chi connectivity index (χ2v) is 4.30. The largest absolute Gasteiger partial charge is 0.507 e. The summed E-state index contributed by atoms with van der Waals surface area (Å²) < 4.78 is 0. The fourth-order valence-electron chi connectivity index (χ4n) is 1.32. The van der Waals surface area contributed by atoms with Gasteiger partial charge in [-0.3, -0.25) is 4.79 Å². The average Bonchev–Trinajstić information content (AvgIpc) is 2.12.